The van der Waals surface area contributed by atoms with Gasteiger partial charge in [0.15, 0.2) is 0 Å². The summed E-state index contributed by atoms with van der Waals surface area (Å²) >= 11 is -1.38. The highest BCUT2D eigenvalue weighted by Crippen LogP contribution is 2.61. The van der Waals surface area contributed by atoms with Crippen molar-refractivity contribution in [3.8, 4) is 5.75 Å². The highest BCUT2D eigenvalue weighted by atomic mass is 32.2. The number of likely N-dealkylation sites (N-methyl/N-ethyl adjacent to an activating group) is 1. The zero-order valence-electron chi connectivity index (χ0n) is 30.4. The van der Waals surface area contributed by atoms with E-state index in [1.807, 2.05) is 6.07 Å². The van der Waals surface area contributed by atoms with Crippen molar-refractivity contribution in [2.75, 3.05) is 51.3 Å². The van der Waals surface area contributed by atoms with Crippen molar-refractivity contribution in [1.82, 2.24) is 9.80 Å². The Morgan fingerprint density at radius 1 is 0.961 bits per heavy atom. The molecule has 288 valence electrons. The summed E-state index contributed by atoms with van der Waals surface area (Å²) in [4.78, 5) is 30.3. The summed E-state index contributed by atoms with van der Waals surface area (Å²) in [5.74, 6) is -1.90. The standard InChI is InChI=1S/C39H57F5N2O4S/c1-37-18-16-32-31-13-12-30(50-35(48)27-46-21-19-45(2)20-22-46)26-29(31)25-28(36(32)33(37)14-15-34(37)47)11-8-6-4-3-5-7-9-23-51(49)24-10-17-38(40,41)39(42,43)44/h12-13,26,28,32-33,36H,3-11,14-25,27H2,1-2H3/t28-,32-,33+,36-,37+,51?/m1/s1. The largest absolute Gasteiger partial charge is 0.616 e. The fourth-order valence-electron chi connectivity index (χ4n) is 9.49. The third-order valence-electron chi connectivity index (χ3n) is 12.5. The molecule has 0 aromatic heterocycles. The molecule has 1 heterocycles. The van der Waals surface area contributed by atoms with Crippen LogP contribution in [-0.2, 0) is 27.2 Å². The molecule has 2 saturated carbocycles. The molecule has 51 heavy (non-hydrogen) atoms. The van der Waals surface area contributed by atoms with Crippen molar-refractivity contribution < 1.29 is 40.8 Å². The summed E-state index contributed by atoms with van der Waals surface area (Å²) in [6.07, 6.45) is 5.23. The lowest BCUT2D eigenvalue weighted by Gasteiger charge is -2.51. The number of carbonyl (C=O) groups is 2. The van der Waals surface area contributed by atoms with Gasteiger partial charge in [0.05, 0.1) is 6.54 Å². The van der Waals surface area contributed by atoms with Crippen molar-refractivity contribution >= 4 is 22.9 Å². The zero-order chi connectivity index (χ0) is 36.8. The van der Waals surface area contributed by atoms with Crippen LogP contribution < -0.4 is 4.74 Å². The van der Waals surface area contributed by atoms with Crippen LogP contribution in [0.25, 0.3) is 0 Å². The topological polar surface area (TPSA) is 72.9 Å². The first-order valence-electron chi connectivity index (χ1n) is 19.2. The number of ether oxygens (including phenoxy) is 1. The van der Waals surface area contributed by atoms with Crippen LogP contribution in [0.5, 0.6) is 5.75 Å². The Morgan fingerprint density at radius 2 is 1.63 bits per heavy atom. The minimum absolute atomic E-state index is 0.128. The summed E-state index contributed by atoms with van der Waals surface area (Å²) in [7, 11) is 2.09. The molecule has 6 nitrogen and oxygen atoms in total. The number of halogens is 5. The molecule has 3 aliphatic carbocycles. The molecule has 0 N–H and O–H groups in total. The summed E-state index contributed by atoms with van der Waals surface area (Å²) in [5.41, 5.74) is 2.44. The Labute approximate surface area is 303 Å². The monoisotopic (exact) mass is 744 g/mol. The lowest BCUT2D eigenvalue weighted by Crippen LogP contribution is -2.46. The van der Waals surface area contributed by atoms with E-state index in [2.05, 4.69) is 35.9 Å². The molecule has 3 fully saturated rings. The van der Waals surface area contributed by atoms with Gasteiger partial charge in [-0.2, -0.15) is 22.0 Å². The van der Waals surface area contributed by atoms with E-state index in [-0.39, 0.29) is 17.1 Å². The quantitative estimate of drug-likeness (QED) is 0.0526. The Kier molecular flexibility index (Phi) is 13.9. The van der Waals surface area contributed by atoms with Gasteiger partial charge in [0.1, 0.15) is 23.0 Å². The fraction of sp³-hybridized carbons (Fsp3) is 0.795. The molecule has 0 amide bonds. The van der Waals surface area contributed by atoms with Crippen LogP contribution in [-0.4, -0.2) is 89.5 Å². The average molecular weight is 745 g/mol. The predicted molar refractivity (Wildman–Crippen MR) is 190 cm³/mol. The number of hydrogen-bond donors (Lipinski definition) is 0. The van der Waals surface area contributed by atoms with Crippen molar-refractivity contribution in [2.45, 2.75) is 121 Å². The van der Waals surface area contributed by atoms with E-state index in [0.29, 0.717) is 60.3 Å². The van der Waals surface area contributed by atoms with Crippen molar-refractivity contribution in [2.24, 2.45) is 23.2 Å². The minimum Gasteiger partial charge on any atom is -0.616 e. The third-order valence-corrected chi connectivity index (χ3v) is 14.0. The van der Waals surface area contributed by atoms with E-state index in [9.17, 15) is 36.1 Å². The molecule has 0 bridgehead atoms. The van der Waals surface area contributed by atoms with Gasteiger partial charge in [-0.1, -0.05) is 56.3 Å². The molecule has 12 heteroatoms. The van der Waals surface area contributed by atoms with E-state index in [4.69, 9.17) is 4.74 Å². The predicted octanol–water partition coefficient (Wildman–Crippen LogP) is 8.34. The number of unbranched alkanes of at least 4 members (excludes halogenated alkanes) is 6. The Morgan fingerprint density at radius 3 is 2.33 bits per heavy atom. The zero-order valence-corrected chi connectivity index (χ0v) is 31.2. The van der Waals surface area contributed by atoms with Crippen LogP contribution in [0.1, 0.15) is 114 Å². The molecule has 4 aliphatic rings. The maximum absolute atomic E-state index is 13.1. The summed E-state index contributed by atoms with van der Waals surface area (Å²) in [6, 6.07) is 6.24. The maximum atomic E-state index is 13.1. The third kappa shape index (κ3) is 10.3. The Balaban J connectivity index is 1.07. The van der Waals surface area contributed by atoms with Crippen molar-refractivity contribution in [3.05, 3.63) is 29.3 Å². The van der Waals surface area contributed by atoms with E-state index >= 15 is 0 Å². The summed E-state index contributed by atoms with van der Waals surface area (Å²) in [5, 5.41) is 0. The average Bonchev–Trinajstić information content (AvgIpc) is 3.37. The molecule has 0 radical (unpaired) electrons. The number of carbonyl (C=O) groups excluding carboxylic acids is 2. The van der Waals surface area contributed by atoms with Gasteiger partial charge in [-0.15, -0.1) is 0 Å². The van der Waals surface area contributed by atoms with Gasteiger partial charge in [0.2, 0.25) is 0 Å². The van der Waals surface area contributed by atoms with Gasteiger partial charge in [0.25, 0.3) is 0 Å². The van der Waals surface area contributed by atoms with E-state index in [1.165, 1.54) is 11.1 Å². The number of Topliss-reactive ketones (excluding diaryl/α,β-unsaturated/α-hetero) is 1. The number of piperazine rings is 1. The number of alkyl halides is 5. The smallest absolute Gasteiger partial charge is 0.453 e. The molecule has 1 aliphatic heterocycles. The SMILES string of the molecule is CN1CCN(CC(=O)Oc2ccc3c(c2)C[C@@H](CCCCCCCCC[S+]([O-])CCCC(F)(F)C(F)(F)F)[C@@H]2[C@@H]3CC[C@]3(C)C(=O)CC[C@@H]23)CC1. The van der Waals surface area contributed by atoms with Crippen LogP contribution in [0.2, 0.25) is 0 Å². The van der Waals surface area contributed by atoms with Crippen LogP contribution in [0.4, 0.5) is 22.0 Å². The number of ketones is 1. The lowest BCUT2D eigenvalue weighted by molar-refractivity contribution is -0.284. The Bertz CT molecular complexity index is 1320. The highest BCUT2D eigenvalue weighted by Gasteiger charge is 2.57. The van der Waals surface area contributed by atoms with Crippen molar-refractivity contribution in [1.29, 1.82) is 0 Å². The first kappa shape index (κ1) is 40.4. The second-order valence-corrected chi connectivity index (χ2v) is 17.7. The van der Waals surface area contributed by atoms with Gasteiger partial charge >= 0.3 is 18.1 Å². The van der Waals surface area contributed by atoms with Gasteiger partial charge in [0, 0.05) is 44.4 Å². The first-order valence-corrected chi connectivity index (χ1v) is 20.7. The van der Waals surface area contributed by atoms with Gasteiger partial charge in [-0.05, 0) is 105 Å². The van der Waals surface area contributed by atoms with Crippen LogP contribution in [0.15, 0.2) is 18.2 Å². The van der Waals surface area contributed by atoms with E-state index in [0.717, 1.165) is 96.8 Å². The number of rotatable bonds is 17. The van der Waals surface area contributed by atoms with E-state index in [1.54, 1.807) is 0 Å². The molecule has 1 aromatic carbocycles. The summed E-state index contributed by atoms with van der Waals surface area (Å²) < 4.78 is 81.0. The second kappa shape index (κ2) is 17.6. The molecule has 0 spiro atoms. The Hall–Kier alpha value is -1.76. The summed E-state index contributed by atoms with van der Waals surface area (Å²) in [6.45, 7) is 6.11. The highest BCUT2D eigenvalue weighted by molar-refractivity contribution is 7.91. The number of esters is 1. The maximum Gasteiger partial charge on any atom is 0.453 e. The van der Waals surface area contributed by atoms with Crippen LogP contribution in [0, 0.1) is 23.2 Å². The molecule has 5 rings (SSSR count). The van der Waals surface area contributed by atoms with Crippen LogP contribution >= 0.6 is 0 Å². The number of nitrogens with zero attached hydrogens (tertiary/aromatic N) is 2. The molecular weight excluding hydrogens is 687 g/mol. The fourth-order valence-corrected chi connectivity index (χ4v) is 10.7. The molecular formula is C39H57F5N2O4S. The number of fused-ring (bicyclic) bond motifs is 5. The van der Waals surface area contributed by atoms with Gasteiger partial charge in [-0.3, -0.25) is 14.5 Å². The second-order valence-electron chi connectivity index (χ2n) is 16.0. The number of benzene rings is 1. The molecule has 1 aromatic rings. The molecule has 1 saturated heterocycles. The van der Waals surface area contributed by atoms with Crippen molar-refractivity contribution in [3.63, 3.8) is 0 Å². The van der Waals surface area contributed by atoms with Crippen LogP contribution in [0.3, 0.4) is 0 Å². The normalized spacial score (nSPS) is 27.9. The van der Waals surface area contributed by atoms with E-state index < -0.39 is 36.1 Å². The number of hydrogen-bond acceptors (Lipinski definition) is 6. The minimum atomic E-state index is -5.56. The molecule has 6 atom stereocenters. The van der Waals surface area contributed by atoms with Gasteiger partial charge < -0.3 is 14.2 Å². The lowest BCUT2D eigenvalue weighted by atomic mass is 9.52. The first-order chi connectivity index (χ1) is 24.2. The van der Waals surface area contributed by atoms with Gasteiger partial charge in [-0.25, -0.2) is 0 Å². The molecule has 1 unspecified atom stereocenters.